The van der Waals surface area contributed by atoms with Crippen LogP contribution in [0, 0.1) is 0 Å². The largest absolute Gasteiger partial charge is 0.495 e. The molecule has 0 aliphatic rings. The summed E-state index contributed by atoms with van der Waals surface area (Å²) < 4.78 is 10.7. The third kappa shape index (κ3) is 3.49. The molecule has 0 fully saturated rings. The second-order valence-corrected chi connectivity index (χ2v) is 5.02. The van der Waals surface area contributed by atoms with Gasteiger partial charge in [0.1, 0.15) is 16.5 Å². The first-order valence-electron chi connectivity index (χ1n) is 6.91. The Morgan fingerprint density at radius 3 is 2.57 bits per heavy atom. The van der Waals surface area contributed by atoms with E-state index in [2.05, 4.69) is 30.4 Å². The zero-order valence-electron chi connectivity index (χ0n) is 12.6. The molecule has 0 spiro atoms. The Labute approximate surface area is 130 Å². The summed E-state index contributed by atoms with van der Waals surface area (Å²) in [7, 11) is 3.21. The highest BCUT2D eigenvalue weighted by atomic mass is 35.5. The summed E-state index contributed by atoms with van der Waals surface area (Å²) in [6.07, 6.45) is 0. The van der Waals surface area contributed by atoms with Crippen molar-refractivity contribution in [2.45, 2.75) is 13.5 Å². The van der Waals surface area contributed by atoms with Crippen LogP contribution in [0.2, 0.25) is 5.02 Å². The van der Waals surface area contributed by atoms with Crippen molar-refractivity contribution < 1.29 is 9.47 Å². The molecule has 0 aliphatic heterocycles. The Hall–Kier alpha value is -1.71. The normalized spacial score (nSPS) is 10.5. The smallest absolute Gasteiger partial charge is 0.149 e. The van der Waals surface area contributed by atoms with Gasteiger partial charge in [-0.2, -0.15) is 0 Å². The van der Waals surface area contributed by atoms with Gasteiger partial charge in [-0.1, -0.05) is 36.7 Å². The second kappa shape index (κ2) is 7.34. The maximum atomic E-state index is 6.33. The first kappa shape index (κ1) is 15.7. The number of methoxy groups -OCH3 is 2. The quantitative estimate of drug-likeness (QED) is 0.870. The van der Waals surface area contributed by atoms with E-state index in [1.165, 1.54) is 5.56 Å². The highest BCUT2D eigenvalue weighted by molar-refractivity contribution is 6.34. The van der Waals surface area contributed by atoms with Crippen LogP contribution in [0.4, 0.5) is 0 Å². The molecule has 112 valence electrons. The molecule has 1 N–H and O–H groups in total. The second-order valence-electron chi connectivity index (χ2n) is 4.64. The molecule has 0 bridgehead atoms. The van der Waals surface area contributed by atoms with Gasteiger partial charge < -0.3 is 14.8 Å². The molecule has 0 unspecified atom stereocenters. The number of hydrogen-bond acceptors (Lipinski definition) is 3. The van der Waals surface area contributed by atoms with E-state index in [0.717, 1.165) is 24.2 Å². The standard InChI is InChI=1S/C17H20ClNO2/c1-4-19-11-12-6-5-7-13(10-12)14-8-9-15(20-2)16(18)17(14)21-3/h5-10,19H,4,11H2,1-3H3. The number of benzene rings is 2. The van der Waals surface area contributed by atoms with Crippen LogP contribution >= 0.6 is 11.6 Å². The van der Waals surface area contributed by atoms with Crippen molar-refractivity contribution in [2.24, 2.45) is 0 Å². The summed E-state index contributed by atoms with van der Waals surface area (Å²) in [6, 6.07) is 12.2. The van der Waals surface area contributed by atoms with Gasteiger partial charge in [0, 0.05) is 12.1 Å². The van der Waals surface area contributed by atoms with Crippen molar-refractivity contribution in [3.05, 3.63) is 47.0 Å². The average molecular weight is 306 g/mol. The van der Waals surface area contributed by atoms with E-state index in [9.17, 15) is 0 Å². The minimum atomic E-state index is 0.495. The molecule has 4 heteroatoms. The van der Waals surface area contributed by atoms with Crippen LogP contribution in [0.5, 0.6) is 11.5 Å². The van der Waals surface area contributed by atoms with E-state index >= 15 is 0 Å². The van der Waals surface area contributed by atoms with Gasteiger partial charge in [0.2, 0.25) is 0 Å². The predicted octanol–water partition coefficient (Wildman–Crippen LogP) is 4.13. The molecule has 0 radical (unpaired) electrons. The number of hydrogen-bond donors (Lipinski definition) is 1. The van der Waals surface area contributed by atoms with Crippen LogP contribution in [-0.4, -0.2) is 20.8 Å². The molecule has 2 aromatic rings. The fourth-order valence-electron chi connectivity index (χ4n) is 2.24. The first-order valence-corrected chi connectivity index (χ1v) is 7.29. The van der Waals surface area contributed by atoms with E-state index in [4.69, 9.17) is 21.1 Å². The molecule has 0 aliphatic carbocycles. The van der Waals surface area contributed by atoms with Gasteiger partial charge in [-0.15, -0.1) is 0 Å². The summed E-state index contributed by atoms with van der Waals surface area (Å²) in [5.41, 5.74) is 3.26. The predicted molar refractivity (Wildman–Crippen MR) is 87.4 cm³/mol. The molecule has 0 aromatic heterocycles. The SMILES string of the molecule is CCNCc1cccc(-c2ccc(OC)c(Cl)c2OC)c1. The van der Waals surface area contributed by atoms with Crippen molar-refractivity contribution in [3.63, 3.8) is 0 Å². The van der Waals surface area contributed by atoms with Gasteiger partial charge in [-0.05, 0) is 35.9 Å². The zero-order chi connectivity index (χ0) is 15.2. The van der Waals surface area contributed by atoms with Gasteiger partial charge >= 0.3 is 0 Å². The number of nitrogens with one attached hydrogen (secondary N) is 1. The van der Waals surface area contributed by atoms with Crippen LogP contribution < -0.4 is 14.8 Å². The van der Waals surface area contributed by atoms with Crippen LogP contribution in [0.3, 0.4) is 0 Å². The van der Waals surface area contributed by atoms with Crippen molar-refractivity contribution in [1.29, 1.82) is 0 Å². The van der Waals surface area contributed by atoms with E-state index in [1.54, 1.807) is 14.2 Å². The fraction of sp³-hybridized carbons (Fsp3) is 0.294. The third-order valence-corrected chi connectivity index (χ3v) is 3.66. The molecular formula is C17H20ClNO2. The minimum absolute atomic E-state index is 0.495. The summed E-state index contributed by atoms with van der Waals surface area (Å²) in [4.78, 5) is 0. The third-order valence-electron chi connectivity index (χ3n) is 3.30. The molecule has 0 atom stereocenters. The van der Waals surface area contributed by atoms with Crippen molar-refractivity contribution in [3.8, 4) is 22.6 Å². The summed E-state index contributed by atoms with van der Waals surface area (Å²) in [5.74, 6) is 1.25. The van der Waals surface area contributed by atoms with E-state index < -0.39 is 0 Å². The molecule has 0 saturated carbocycles. The maximum absolute atomic E-state index is 6.33. The molecule has 3 nitrogen and oxygen atoms in total. The van der Waals surface area contributed by atoms with Crippen molar-refractivity contribution in [1.82, 2.24) is 5.32 Å². The molecular weight excluding hydrogens is 286 g/mol. The highest BCUT2D eigenvalue weighted by Crippen LogP contribution is 2.41. The van der Waals surface area contributed by atoms with Crippen molar-refractivity contribution >= 4 is 11.6 Å². The van der Waals surface area contributed by atoms with Gasteiger partial charge in [0.15, 0.2) is 0 Å². The topological polar surface area (TPSA) is 30.5 Å². The van der Waals surface area contributed by atoms with E-state index in [0.29, 0.717) is 16.5 Å². The molecule has 0 heterocycles. The van der Waals surface area contributed by atoms with Crippen LogP contribution in [0.1, 0.15) is 12.5 Å². The number of rotatable bonds is 6. The molecule has 21 heavy (non-hydrogen) atoms. The minimum Gasteiger partial charge on any atom is -0.495 e. The van der Waals surface area contributed by atoms with Gasteiger partial charge in [-0.3, -0.25) is 0 Å². The Morgan fingerprint density at radius 1 is 1.10 bits per heavy atom. The van der Waals surface area contributed by atoms with Crippen molar-refractivity contribution in [2.75, 3.05) is 20.8 Å². The van der Waals surface area contributed by atoms with E-state index in [1.807, 2.05) is 18.2 Å². The summed E-state index contributed by atoms with van der Waals surface area (Å²) in [5, 5.41) is 3.82. The Bertz CT molecular complexity index is 614. The molecule has 2 rings (SSSR count). The lowest BCUT2D eigenvalue weighted by atomic mass is 10.0. The lowest BCUT2D eigenvalue weighted by molar-refractivity contribution is 0.396. The summed E-state index contributed by atoms with van der Waals surface area (Å²) >= 11 is 6.33. The van der Waals surface area contributed by atoms with Crippen LogP contribution in [-0.2, 0) is 6.54 Å². The lowest BCUT2D eigenvalue weighted by Crippen LogP contribution is -2.11. The maximum Gasteiger partial charge on any atom is 0.149 e. The van der Waals surface area contributed by atoms with Crippen LogP contribution in [0.25, 0.3) is 11.1 Å². The monoisotopic (exact) mass is 305 g/mol. The zero-order valence-corrected chi connectivity index (χ0v) is 13.3. The molecule has 2 aromatic carbocycles. The van der Waals surface area contributed by atoms with Gasteiger partial charge in [0.05, 0.1) is 14.2 Å². The fourth-order valence-corrected chi connectivity index (χ4v) is 2.56. The molecule has 0 amide bonds. The Balaban J connectivity index is 2.44. The summed E-state index contributed by atoms with van der Waals surface area (Å²) in [6.45, 7) is 3.88. The molecule has 0 saturated heterocycles. The Morgan fingerprint density at radius 2 is 1.90 bits per heavy atom. The Kier molecular flexibility index (Phi) is 5.48. The average Bonchev–Trinajstić information content (AvgIpc) is 2.52. The van der Waals surface area contributed by atoms with Gasteiger partial charge in [-0.25, -0.2) is 0 Å². The lowest BCUT2D eigenvalue weighted by Gasteiger charge is -2.14. The number of ether oxygens (including phenoxy) is 2. The van der Waals surface area contributed by atoms with Gasteiger partial charge in [0.25, 0.3) is 0 Å². The highest BCUT2D eigenvalue weighted by Gasteiger charge is 2.14. The number of halogens is 1. The van der Waals surface area contributed by atoms with Crippen LogP contribution in [0.15, 0.2) is 36.4 Å². The van der Waals surface area contributed by atoms with E-state index in [-0.39, 0.29) is 0 Å². The first-order chi connectivity index (χ1) is 10.2.